The van der Waals surface area contributed by atoms with Crippen molar-refractivity contribution in [3.05, 3.63) is 18.1 Å². The second kappa shape index (κ2) is 4.87. The van der Waals surface area contributed by atoms with Gasteiger partial charge in [-0.2, -0.15) is 0 Å². The van der Waals surface area contributed by atoms with Gasteiger partial charge < -0.3 is 15.0 Å². The van der Waals surface area contributed by atoms with Crippen LogP contribution in [0.15, 0.2) is 12.4 Å². The Morgan fingerprint density at radius 1 is 1.53 bits per heavy atom. The summed E-state index contributed by atoms with van der Waals surface area (Å²) in [6.07, 6.45) is 5.37. The van der Waals surface area contributed by atoms with E-state index < -0.39 is 5.97 Å². The molecule has 1 fully saturated rings. The molecule has 1 saturated carbocycles. The highest BCUT2D eigenvalue weighted by Gasteiger charge is 2.18. The largest absolute Gasteiger partial charge is 0.464 e. The Bertz CT molecular complexity index is 604. The molecule has 2 heterocycles. The Kier molecular flexibility index (Phi) is 3.06. The number of aromatic nitrogens is 3. The summed E-state index contributed by atoms with van der Waals surface area (Å²) in [5, 5.41) is 4.16. The van der Waals surface area contributed by atoms with Gasteiger partial charge in [0.05, 0.1) is 12.5 Å². The number of nitrogens with zero attached hydrogens (tertiary/aromatic N) is 2. The van der Waals surface area contributed by atoms with Gasteiger partial charge in [-0.05, 0) is 24.8 Å². The predicted octanol–water partition coefficient (Wildman–Crippen LogP) is 1.96. The van der Waals surface area contributed by atoms with Gasteiger partial charge in [-0.1, -0.05) is 6.42 Å². The maximum absolute atomic E-state index is 11.5. The van der Waals surface area contributed by atoms with Gasteiger partial charge in [0.15, 0.2) is 0 Å². The van der Waals surface area contributed by atoms with E-state index in [-0.39, 0.29) is 0 Å². The van der Waals surface area contributed by atoms with Crippen LogP contribution in [-0.2, 0) is 4.74 Å². The Morgan fingerprint density at radius 2 is 2.37 bits per heavy atom. The lowest BCUT2D eigenvalue weighted by Crippen LogP contribution is -2.21. The third kappa shape index (κ3) is 2.25. The minimum absolute atomic E-state index is 0.393. The van der Waals surface area contributed by atoms with Crippen molar-refractivity contribution in [2.45, 2.75) is 19.3 Å². The summed E-state index contributed by atoms with van der Waals surface area (Å²) in [6, 6.07) is 1.73. The standard InChI is InChI=1S/C13H16N4O2/c1-19-13(18)10-5-9-11(14-6-8-3-2-4-8)15-7-16-12(9)17-10/h5,7-8H,2-4,6H2,1H3,(H2,14,15,16,17). The van der Waals surface area contributed by atoms with Gasteiger partial charge >= 0.3 is 5.97 Å². The van der Waals surface area contributed by atoms with Gasteiger partial charge in [0.1, 0.15) is 23.5 Å². The second-order valence-electron chi connectivity index (χ2n) is 4.84. The fourth-order valence-electron chi connectivity index (χ4n) is 2.24. The van der Waals surface area contributed by atoms with E-state index in [1.54, 1.807) is 6.07 Å². The van der Waals surface area contributed by atoms with Crippen molar-refractivity contribution in [1.82, 2.24) is 15.0 Å². The molecule has 0 saturated heterocycles. The van der Waals surface area contributed by atoms with E-state index in [1.165, 1.54) is 32.7 Å². The number of esters is 1. The van der Waals surface area contributed by atoms with Crippen LogP contribution in [0.3, 0.4) is 0 Å². The topological polar surface area (TPSA) is 79.9 Å². The number of anilines is 1. The molecule has 0 aliphatic heterocycles. The highest BCUT2D eigenvalue weighted by atomic mass is 16.5. The number of carbonyl (C=O) groups excluding carboxylic acids is 1. The summed E-state index contributed by atoms with van der Waals surface area (Å²) in [6.45, 7) is 0.921. The first kappa shape index (κ1) is 12.0. The van der Waals surface area contributed by atoms with E-state index in [9.17, 15) is 4.79 Å². The highest BCUT2D eigenvalue weighted by molar-refractivity contribution is 5.97. The van der Waals surface area contributed by atoms with Crippen LogP contribution in [0.2, 0.25) is 0 Å². The number of aromatic amines is 1. The highest BCUT2D eigenvalue weighted by Crippen LogP contribution is 2.27. The number of methoxy groups -OCH3 is 1. The molecule has 3 rings (SSSR count). The molecule has 0 unspecified atom stereocenters. The number of nitrogens with one attached hydrogen (secondary N) is 2. The number of hydrogen-bond acceptors (Lipinski definition) is 5. The molecule has 6 nitrogen and oxygen atoms in total. The number of H-pyrrole nitrogens is 1. The lowest BCUT2D eigenvalue weighted by molar-refractivity contribution is 0.0595. The molecule has 1 aliphatic carbocycles. The molecule has 0 spiro atoms. The molecule has 0 radical (unpaired) electrons. The van der Waals surface area contributed by atoms with E-state index in [1.807, 2.05) is 0 Å². The summed E-state index contributed by atoms with van der Waals surface area (Å²) in [5.41, 5.74) is 1.04. The Labute approximate surface area is 110 Å². The number of fused-ring (bicyclic) bond motifs is 1. The molecular formula is C13H16N4O2. The first-order valence-corrected chi connectivity index (χ1v) is 6.44. The third-order valence-electron chi connectivity index (χ3n) is 3.61. The summed E-state index contributed by atoms with van der Waals surface area (Å²) >= 11 is 0. The lowest BCUT2D eigenvalue weighted by atomic mass is 9.85. The zero-order valence-corrected chi connectivity index (χ0v) is 10.8. The molecule has 0 bridgehead atoms. The minimum Gasteiger partial charge on any atom is -0.464 e. The quantitative estimate of drug-likeness (QED) is 0.821. The van der Waals surface area contributed by atoms with Gasteiger partial charge in [0.25, 0.3) is 0 Å². The molecule has 0 aromatic carbocycles. The van der Waals surface area contributed by atoms with E-state index in [2.05, 4.69) is 20.3 Å². The smallest absolute Gasteiger partial charge is 0.354 e. The molecule has 1 aliphatic rings. The van der Waals surface area contributed by atoms with Crippen molar-refractivity contribution in [3.63, 3.8) is 0 Å². The SMILES string of the molecule is COC(=O)c1cc2c(NCC3CCC3)ncnc2[nH]1. The van der Waals surface area contributed by atoms with Crippen LogP contribution in [0, 0.1) is 5.92 Å². The molecule has 2 aromatic heterocycles. The average Bonchev–Trinajstić information content (AvgIpc) is 2.80. The Hall–Kier alpha value is -2.11. The van der Waals surface area contributed by atoms with Crippen molar-refractivity contribution in [3.8, 4) is 0 Å². The number of rotatable bonds is 4. The van der Waals surface area contributed by atoms with Gasteiger partial charge in [-0.3, -0.25) is 0 Å². The number of carbonyl (C=O) groups is 1. The van der Waals surface area contributed by atoms with Gasteiger partial charge in [0, 0.05) is 6.54 Å². The molecule has 0 amide bonds. The lowest BCUT2D eigenvalue weighted by Gasteiger charge is -2.25. The predicted molar refractivity (Wildman–Crippen MR) is 71.1 cm³/mol. The number of hydrogen-bond donors (Lipinski definition) is 2. The van der Waals surface area contributed by atoms with Crippen LogP contribution in [0.1, 0.15) is 29.8 Å². The maximum Gasteiger partial charge on any atom is 0.354 e. The van der Waals surface area contributed by atoms with E-state index >= 15 is 0 Å². The van der Waals surface area contributed by atoms with Crippen molar-refractivity contribution in [2.75, 3.05) is 19.0 Å². The summed E-state index contributed by atoms with van der Waals surface area (Å²) < 4.78 is 4.69. The van der Waals surface area contributed by atoms with Gasteiger partial charge in [0.2, 0.25) is 0 Å². The van der Waals surface area contributed by atoms with Crippen LogP contribution in [0.25, 0.3) is 11.0 Å². The second-order valence-corrected chi connectivity index (χ2v) is 4.84. The summed E-state index contributed by atoms with van der Waals surface area (Å²) in [7, 11) is 1.36. The summed E-state index contributed by atoms with van der Waals surface area (Å²) in [4.78, 5) is 22.8. The van der Waals surface area contributed by atoms with Crippen LogP contribution in [-0.4, -0.2) is 34.6 Å². The molecule has 2 N–H and O–H groups in total. The zero-order valence-electron chi connectivity index (χ0n) is 10.8. The third-order valence-corrected chi connectivity index (χ3v) is 3.61. The fourth-order valence-corrected chi connectivity index (χ4v) is 2.24. The van der Waals surface area contributed by atoms with E-state index in [0.717, 1.165) is 23.7 Å². The maximum atomic E-state index is 11.5. The first-order chi connectivity index (χ1) is 9.28. The minimum atomic E-state index is -0.400. The van der Waals surface area contributed by atoms with Crippen LogP contribution >= 0.6 is 0 Å². The molecular weight excluding hydrogens is 244 g/mol. The molecule has 2 aromatic rings. The van der Waals surface area contributed by atoms with Gasteiger partial charge in [-0.25, -0.2) is 14.8 Å². The number of ether oxygens (including phenoxy) is 1. The molecule has 100 valence electrons. The monoisotopic (exact) mass is 260 g/mol. The zero-order chi connectivity index (χ0) is 13.2. The normalized spacial score (nSPS) is 15.2. The summed E-state index contributed by atoms with van der Waals surface area (Å²) in [5.74, 6) is 1.11. The molecule has 6 heteroatoms. The van der Waals surface area contributed by atoms with Crippen LogP contribution < -0.4 is 5.32 Å². The van der Waals surface area contributed by atoms with E-state index in [4.69, 9.17) is 4.74 Å². The molecule has 0 atom stereocenters. The van der Waals surface area contributed by atoms with Crippen LogP contribution in [0.5, 0.6) is 0 Å². The van der Waals surface area contributed by atoms with Crippen molar-refractivity contribution in [1.29, 1.82) is 0 Å². The van der Waals surface area contributed by atoms with Gasteiger partial charge in [-0.15, -0.1) is 0 Å². The van der Waals surface area contributed by atoms with E-state index in [0.29, 0.717) is 11.3 Å². The van der Waals surface area contributed by atoms with Crippen LogP contribution in [0.4, 0.5) is 5.82 Å². The average molecular weight is 260 g/mol. The first-order valence-electron chi connectivity index (χ1n) is 6.44. The Morgan fingerprint density at radius 3 is 3.05 bits per heavy atom. The molecule has 19 heavy (non-hydrogen) atoms. The van der Waals surface area contributed by atoms with Crippen molar-refractivity contribution >= 4 is 22.8 Å². The van der Waals surface area contributed by atoms with Crippen molar-refractivity contribution in [2.24, 2.45) is 5.92 Å². The van der Waals surface area contributed by atoms with Crippen molar-refractivity contribution < 1.29 is 9.53 Å². The fraction of sp³-hybridized carbons (Fsp3) is 0.462. The Balaban J connectivity index is 1.86.